The van der Waals surface area contributed by atoms with Gasteiger partial charge in [0, 0.05) is 11.8 Å². The van der Waals surface area contributed by atoms with Crippen LogP contribution in [0.25, 0.3) is 0 Å². The number of esters is 1. The minimum absolute atomic E-state index is 0.119. The first kappa shape index (κ1) is 13.6. The van der Waals surface area contributed by atoms with Gasteiger partial charge in [-0.25, -0.2) is 4.79 Å². The van der Waals surface area contributed by atoms with Gasteiger partial charge in [0.05, 0.1) is 12.7 Å². The number of ether oxygens (including phenoxy) is 1. The number of benzene rings is 1. The van der Waals surface area contributed by atoms with E-state index in [4.69, 9.17) is 0 Å². The number of hydrazine groups is 1. The van der Waals surface area contributed by atoms with Crippen molar-refractivity contribution in [1.82, 2.24) is 10.9 Å². The summed E-state index contributed by atoms with van der Waals surface area (Å²) >= 11 is 0. The van der Waals surface area contributed by atoms with Gasteiger partial charge in [0.2, 0.25) is 0 Å². The average molecular weight is 250 g/mol. The molecule has 0 aliphatic heterocycles. The van der Waals surface area contributed by atoms with E-state index in [-0.39, 0.29) is 11.3 Å². The summed E-state index contributed by atoms with van der Waals surface area (Å²) in [5, 5.41) is 9.45. The first-order valence-electron chi connectivity index (χ1n) is 5.15. The Morgan fingerprint density at radius 1 is 1.28 bits per heavy atom. The molecule has 18 heavy (non-hydrogen) atoms. The van der Waals surface area contributed by atoms with Crippen LogP contribution in [0.5, 0.6) is 5.75 Å². The number of amides is 1. The van der Waals surface area contributed by atoms with E-state index in [1.807, 2.05) is 0 Å². The summed E-state index contributed by atoms with van der Waals surface area (Å²) in [6.07, 6.45) is 1.19. The van der Waals surface area contributed by atoms with Crippen LogP contribution in [0.3, 0.4) is 0 Å². The van der Waals surface area contributed by atoms with E-state index in [9.17, 15) is 14.7 Å². The topological polar surface area (TPSA) is 87.7 Å². The van der Waals surface area contributed by atoms with Crippen LogP contribution in [0.2, 0.25) is 0 Å². The second-order valence-electron chi connectivity index (χ2n) is 3.45. The number of hydrogen-bond donors (Lipinski definition) is 3. The molecular weight excluding hydrogens is 236 g/mol. The summed E-state index contributed by atoms with van der Waals surface area (Å²) in [7, 11) is 1.26. The third kappa shape index (κ3) is 3.82. The number of phenols is 1. The number of para-hydroxylation sites is 1. The molecule has 0 spiro atoms. The van der Waals surface area contributed by atoms with Crippen LogP contribution in [-0.4, -0.2) is 24.1 Å². The lowest BCUT2D eigenvalue weighted by atomic mass is 10.2. The van der Waals surface area contributed by atoms with Crippen molar-refractivity contribution in [2.24, 2.45) is 0 Å². The van der Waals surface area contributed by atoms with Crippen LogP contribution in [0.1, 0.15) is 17.3 Å². The van der Waals surface area contributed by atoms with Gasteiger partial charge in [0.15, 0.2) is 0 Å². The molecule has 0 aliphatic rings. The lowest BCUT2D eigenvalue weighted by Crippen LogP contribution is -2.36. The zero-order chi connectivity index (χ0) is 13.5. The smallest absolute Gasteiger partial charge is 0.332 e. The number of carbonyl (C=O) groups is 2. The molecule has 1 amide bonds. The van der Waals surface area contributed by atoms with Crippen molar-refractivity contribution in [3.8, 4) is 5.75 Å². The Labute approximate surface area is 104 Å². The molecule has 1 aromatic carbocycles. The van der Waals surface area contributed by atoms with Crippen molar-refractivity contribution in [2.45, 2.75) is 6.92 Å². The van der Waals surface area contributed by atoms with Crippen molar-refractivity contribution in [1.29, 1.82) is 0 Å². The van der Waals surface area contributed by atoms with E-state index in [1.165, 1.54) is 25.3 Å². The Hall–Kier alpha value is -2.50. The maximum absolute atomic E-state index is 11.6. The van der Waals surface area contributed by atoms with Gasteiger partial charge in [-0.15, -0.1) is 0 Å². The van der Waals surface area contributed by atoms with Crippen molar-refractivity contribution >= 4 is 11.9 Å². The van der Waals surface area contributed by atoms with Crippen LogP contribution in [0.4, 0.5) is 0 Å². The minimum atomic E-state index is -0.531. The van der Waals surface area contributed by atoms with Crippen LogP contribution < -0.4 is 10.9 Å². The number of aromatic hydroxyl groups is 1. The minimum Gasteiger partial charge on any atom is -0.507 e. The lowest BCUT2D eigenvalue weighted by molar-refractivity contribution is -0.134. The first-order valence-corrected chi connectivity index (χ1v) is 5.15. The number of phenolic OH excluding ortho intramolecular Hbond substituents is 1. The van der Waals surface area contributed by atoms with Gasteiger partial charge in [0.1, 0.15) is 5.75 Å². The first-order chi connectivity index (χ1) is 8.54. The summed E-state index contributed by atoms with van der Waals surface area (Å²) in [5.41, 5.74) is 5.41. The summed E-state index contributed by atoms with van der Waals surface area (Å²) in [4.78, 5) is 22.5. The number of hydrogen-bond acceptors (Lipinski definition) is 5. The second kappa shape index (κ2) is 6.29. The fourth-order valence-corrected chi connectivity index (χ4v) is 1.16. The van der Waals surface area contributed by atoms with E-state index in [0.717, 1.165) is 0 Å². The lowest BCUT2D eigenvalue weighted by Gasteiger charge is -2.09. The molecule has 0 unspecified atom stereocenters. The molecule has 96 valence electrons. The van der Waals surface area contributed by atoms with E-state index in [2.05, 4.69) is 15.6 Å². The second-order valence-corrected chi connectivity index (χ2v) is 3.45. The molecule has 1 rings (SSSR count). The van der Waals surface area contributed by atoms with Gasteiger partial charge in [-0.2, -0.15) is 0 Å². The molecule has 1 aromatic rings. The van der Waals surface area contributed by atoms with E-state index in [1.54, 1.807) is 19.1 Å². The van der Waals surface area contributed by atoms with Gasteiger partial charge in [-0.05, 0) is 19.1 Å². The molecule has 0 bridgehead atoms. The Bertz CT molecular complexity index is 483. The highest BCUT2D eigenvalue weighted by atomic mass is 16.5. The molecule has 0 radical (unpaired) electrons. The fourth-order valence-electron chi connectivity index (χ4n) is 1.16. The Balaban J connectivity index is 2.60. The van der Waals surface area contributed by atoms with Crippen molar-refractivity contribution in [2.75, 3.05) is 7.11 Å². The van der Waals surface area contributed by atoms with Crippen LogP contribution in [-0.2, 0) is 9.53 Å². The quantitative estimate of drug-likeness (QED) is 0.416. The molecule has 0 saturated carbocycles. The molecule has 0 aliphatic carbocycles. The van der Waals surface area contributed by atoms with Gasteiger partial charge in [0.25, 0.3) is 5.91 Å². The summed E-state index contributed by atoms with van der Waals surface area (Å²) in [6.45, 7) is 1.59. The Morgan fingerprint density at radius 3 is 2.56 bits per heavy atom. The number of allylic oxidation sites excluding steroid dienone is 1. The molecule has 0 atom stereocenters. The average Bonchev–Trinajstić information content (AvgIpc) is 2.36. The highest BCUT2D eigenvalue weighted by Gasteiger charge is 2.09. The number of methoxy groups -OCH3 is 1. The monoisotopic (exact) mass is 250 g/mol. The highest BCUT2D eigenvalue weighted by molar-refractivity contribution is 5.96. The predicted molar refractivity (Wildman–Crippen MR) is 64.5 cm³/mol. The van der Waals surface area contributed by atoms with Crippen LogP contribution in [0, 0.1) is 0 Å². The predicted octanol–water partition coefficient (Wildman–Crippen LogP) is 0.703. The normalized spacial score (nSPS) is 10.7. The number of nitrogens with one attached hydrogen (secondary N) is 2. The van der Waals surface area contributed by atoms with E-state index >= 15 is 0 Å². The zero-order valence-electron chi connectivity index (χ0n) is 10.1. The molecule has 3 N–H and O–H groups in total. The highest BCUT2D eigenvalue weighted by Crippen LogP contribution is 2.14. The Kier molecular flexibility index (Phi) is 4.74. The van der Waals surface area contributed by atoms with Crippen LogP contribution in [0.15, 0.2) is 36.0 Å². The SMILES string of the molecule is COC(=O)/C=C(\C)NNC(=O)c1ccccc1O. The van der Waals surface area contributed by atoms with Crippen molar-refractivity contribution in [3.05, 3.63) is 41.6 Å². The molecule has 0 fully saturated rings. The van der Waals surface area contributed by atoms with Gasteiger partial charge in [-0.3, -0.25) is 10.2 Å². The van der Waals surface area contributed by atoms with E-state index in [0.29, 0.717) is 5.70 Å². The third-order valence-electron chi connectivity index (χ3n) is 2.06. The summed E-state index contributed by atoms with van der Waals surface area (Å²) < 4.78 is 4.42. The van der Waals surface area contributed by atoms with E-state index < -0.39 is 11.9 Å². The molecule has 6 nitrogen and oxygen atoms in total. The molecule has 0 aromatic heterocycles. The van der Waals surface area contributed by atoms with Crippen LogP contribution >= 0.6 is 0 Å². The van der Waals surface area contributed by atoms with Gasteiger partial charge in [-0.1, -0.05) is 12.1 Å². The number of carbonyl (C=O) groups excluding carboxylic acids is 2. The molecule has 6 heteroatoms. The van der Waals surface area contributed by atoms with Gasteiger partial charge >= 0.3 is 5.97 Å². The maximum Gasteiger partial charge on any atom is 0.332 e. The molecular formula is C12H14N2O4. The van der Waals surface area contributed by atoms with Crippen molar-refractivity contribution in [3.63, 3.8) is 0 Å². The molecule has 0 heterocycles. The Morgan fingerprint density at radius 2 is 1.94 bits per heavy atom. The molecule has 0 saturated heterocycles. The number of rotatable bonds is 4. The summed E-state index contributed by atoms with van der Waals surface area (Å²) in [6, 6.07) is 6.13. The fraction of sp³-hybridized carbons (Fsp3) is 0.167. The van der Waals surface area contributed by atoms with Gasteiger partial charge < -0.3 is 15.3 Å². The standard InChI is InChI=1S/C12H14N2O4/c1-8(7-11(16)18-2)13-14-12(17)9-5-3-4-6-10(9)15/h3-7,13,15H,1-2H3,(H,14,17)/b8-7+. The van der Waals surface area contributed by atoms with Crippen molar-refractivity contribution < 1.29 is 19.4 Å². The zero-order valence-corrected chi connectivity index (χ0v) is 10.1. The summed E-state index contributed by atoms with van der Waals surface area (Å²) in [5.74, 6) is -1.16. The maximum atomic E-state index is 11.6. The largest absolute Gasteiger partial charge is 0.507 e. The third-order valence-corrected chi connectivity index (χ3v) is 2.06.